The van der Waals surface area contributed by atoms with Gasteiger partial charge in [0.25, 0.3) is 0 Å². The lowest BCUT2D eigenvalue weighted by molar-refractivity contribution is 0.392. The molecule has 0 spiro atoms. The lowest BCUT2D eigenvalue weighted by Crippen LogP contribution is -1.99. The fourth-order valence-electron chi connectivity index (χ4n) is 4.32. The molecule has 1 atom stereocenters. The first-order chi connectivity index (χ1) is 14.8. The molecule has 176 valence electrons. The summed E-state index contributed by atoms with van der Waals surface area (Å²) in [5.41, 5.74) is 0. The van der Waals surface area contributed by atoms with Gasteiger partial charge in [-0.15, -0.1) is 11.8 Å². The molecule has 1 unspecified atom stereocenters. The second kappa shape index (κ2) is 26.6. The summed E-state index contributed by atoms with van der Waals surface area (Å²) in [4.78, 5) is 0. The Hall–Kier alpha value is -0.440. The Balaban J connectivity index is 3.28. The van der Waals surface area contributed by atoms with Crippen LogP contribution in [-0.2, 0) is 0 Å². The predicted molar refractivity (Wildman–Crippen MR) is 138 cm³/mol. The zero-order chi connectivity index (χ0) is 22.0. The monoisotopic (exact) mass is 416 g/mol. The van der Waals surface area contributed by atoms with Crippen LogP contribution in [0.25, 0.3) is 0 Å². The van der Waals surface area contributed by atoms with Crippen LogP contribution in [0.15, 0.2) is 0 Å². The van der Waals surface area contributed by atoms with Crippen LogP contribution in [0.3, 0.4) is 0 Å². The maximum Gasteiger partial charge on any atom is 0.00886 e. The SMILES string of the molecule is [CH2]CCCC#CCCCCCCCCCCCCC(CC)CCCCCCCC[CH2]. The third-order valence-corrected chi connectivity index (χ3v) is 6.53. The van der Waals surface area contributed by atoms with E-state index in [2.05, 4.69) is 32.6 Å². The Labute approximate surface area is 192 Å². The molecule has 0 N–H and O–H groups in total. The molecular formula is C30H56. The Morgan fingerprint density at radius 3 is 1.27 bits per heavy atom. The van der Waals surface area contributed by atoms with Crippen molar-refractivity contribution in [2.75, 3.05) is 0 Å². The van der Waals surface area contributed by atoms with Gasteiger partial charge in [-0.05, 0) is 18.8 Å². The molecule has 0 aliphatic rings. The molecule has 0 saturated carbocycles. The highest BCUT2D eigenvalue weighted by molar-refractivity contribution is 4.98. The number of unbranched alkanes of at least 4 members (excludes halogenated alkanes) is 18. The van der Waals surface area contributed by atoms with E-state index in [-0.39, 0.29) is 0 Å². The highest BCUT2D eigenvalue weighted by atomic mass is 14.1. The van der Waals surface area contributed by atoms with Crippen molar-refractivity contribution < 1.29 is 0 Å². The molecule has 0 aromatic carbocycles. The topological polar surface area (TPSA) is 0 Å². The maximum absolute atomic E-state index is 3.93. The summed E-state index contributed by atoms with van der Waals surface area (Å²) in [6.07, 6.45) is 32.6. The number of hydrogen-bond donors (Lipinski definition) is 0. The zero-order valence-electron chi connectivity index (χ0n) is 21.0. The predicted octanol–water partition coefficient (Wildman–Crippen LogP) is 10.7. The van der Waals surface area contributed by atoms with Gasteiger partial charge in [-0.3, -0.25) is 0 Å². The van der Waals surface area contributed by atoms with Gasteiger partial charge in [-0.25, -0.2) is 0 Å². The first-order valence-corrected chi connectivity index (χ1v) is 13.9. The van der Waals surface area contributed by atoms with E-state index in [1.807, 2.05) is 0 Å². The van der Waals surface area contributed by atoms with Crippen molar-refractivity contribution in [2.45, 2.75) is 161 Å². The van der Waals surface area contributed by atoms with Gasteiger partial charge in [0.1, 0.15) is 0 Å². The minimum atomic E-state index is 0.998. The standard InChI is InChI=1S/C30H56/c1-4-7-9-11-13-14-15-16-17-18-19-20-21-23-25-27-29-30(6-3)28-26-24-22-12-10-8-5-2/h30H,1-2,4-10,12,14-29H2,3H3. The van der Waals surface area contributed by atoms with E-state index in [4.69, 9.17) is 0 Å². The fraction of sp³-hybridized carbons (Fsp3) is 0.867. The van der Waals surface area contributed by atoms with Crippen molar-refractivity contribution in [1.82, 2.24) is 0 Å². The van der Waals surface area contributed by atoms with Crippen molar-refractivity contribution in [2.24, 2.45) is 5.92 Å². The first kappa shape index (κ1) is 29.6. The summed E-state index contributed by atoms with van der Waals surface area (Å²) in [5.74, 6) is 7.57. The molecule has 0 heterocycles. The van der Waals surface area contributed by atoms with E-state index < -0.39 is 0 Å². The second-order valence-corrected chi connectivity index (χ2v) is 9.42. The van der Waals surface area contributed by atoms with E-state index in [1.165, 1.54) is 122 Å². The van der Waals surface area contributed by atoms with E-state index in [9.17, 15) is 0 Å². The minimum Gasteiger partial charge on any atom is -0.103 e. The normalized spacial score (nSPS) is 12.0. The molecule has 0 aromatic rings. The molecule has 2 radical (unpaired) electrons. The number of hydrogen-bond acceptors (Lipinski definition) is 0. The summed E-state index contributed by atoms with van der Waals surface area (Å²) in [7, 11) is 0. The molecule has 0 fully saturated rings. The van der Waals surface area contributed by atoms with Crippen molar-refractivity contribution in [1.29, 1.82) is 0 Å². The largest absolute Gasteiger partial charge is 0.103 e. The summed E-state index contributed by atoms with van der Waals surface area (Å²) in [6, 6.07) is 0. The van der Waals surface area contributed by atoms with Crippen molar-refractivity contribution in [3.8, 4) is 11.8 Å². The van der Waals surface area contributed by atoms with Crippen LogP contribution < -0.4 is 0 Å². The van der Waals surface area contributed by atoms with Crippen LogP contribution in [0.5, 0.6) is 0 Å². The summed E-state index contributed by atoms with van der Waals surface area (Å²) < 4.78 is 0. The molecule has 30 heavy (non-hydrogen) atoms. The van der Waals surface area contributed by atoms with E-state index in [0.29, 0.717) is 0 Å². The molecule has 0 amide bonds. The molecule has 0 nitrogen and oxygen atoms in total. The van der Waals surface area contributed by atoms with Crippen LogP contribution in [0.4, 0.5) is 0 Å². The third kappa shape index (κ3) is 23.8. The summed E-state index contributed by atoms with van der Waals surface area (Å²) >= 11 is 0. The van der Waals surface area contributed by atoms with Gasteiger partial charge < -0.3 is 0 Å². The quantitative estimate of drug-likeness (QED) is 0.115. The number of rotatable bonds is 23. The van der Waals surface area contributed by atoms with Gasteiger partial charge in [-0.2, -0.15) is 0 Å². The van der Waals surface area contributed by atoms with Crippen LogP contribution in [0.1, 0.15) is 161 Å². The van der Waals surface area contributed by atoms with E-state index >= 15 is 0 Å². The molecular weight excluding hydrogens is 360 g/mol. The van der Waals surface area contributed by atoms with E-state index in [1.54, 1.807) is 0 Å². The molecule has 0 aromatic heterocycles. The molecule has 0 bridgehead atoms. The van der Waals surface area contributed by atoms with Crippen molar-refractivity contribution in [3.05, 3.63) is 13.8 Å². The molecule has 0 rings (SSSR count). The first-order valence-electron chi connectivity index (χ1n) is 13.9. The molecule has 0 heteroatoms. The molecule has 0 aliphatic carbocycles. The Morgan fingerprint density at radius 1 is 0.467 bits per heavy atom. The maximum atomic E-state index is 3.93. The van der Waals surface area contributed by atoms with Gasteiger partial charge in [0, 0.05) is 12.8 Å². The van der Waals surface area contributed by atoms with Crippen LogP contribution >= 0.6 is 0 Å². The Morgan fingerprint density at radius 2 is 0.833 bits per heavy atom. The fourth-order valence-corrected chi connectivity index (χ4v) is 4.32. The summed E-state index contributed by atoms with van der Waals surface area (Å²) in [6.45, 7) is 10.2. The molecule has 0 aliphatic heterocycles. The second-order valence-electron chi connectivity index (χ2n) is 9.42. The Bertz CT molecular complexity index is 358. The van der Waals surface area contributed by atoms with Gasteiger partial charge in [0.2, 0.25) is 0 Å². The lowest BCUT2D eigenvalue weighted by atomic mass is 9.92. The van der Waals surface area contributed by atoms with E-state index in [0.717, 1.165) is 38.0 Å². The third-order valence-electron chi connectivity index (χ3n) is 6.53. The zero-order valence-corrected chi connectivity index (χ0v) is 21.0. The highest BCUT2D eigenvalue weighted by Crippen LogP contribution is 2.22. The van der Waals surface area contributed by atoms with Crippen molar-refractivity contribution >= 4 is 0 Å². The van der Waals surface area contributed by atoms with Crippen LogP contribution in [0, 0.1) is 31.6 Å². The Kier molecular flexibility index (Phi) is 26.2. The average molecular weight is 417 g/mol. The summed E-state index contributed by atoms with van der Waals surface area (Å²) in [5, 5.41) is 0. The van der Waals surface area contributed by atoms with Crippen molar-refractivity contribution in [3.63, 3.8) is 0 Å². The molecule has 0 saturated heterocycles. The average Bonchev–Trinajstić information content (AvgIpc) is 2.76. The van der Waals surface area contributed by atoms with Gasteiger partial charge in [-0.1, -0.05) is 149 Å². The van der Waals surface area contributed by atoms with Gasteiger partial charge in [0.15, 0.2) is 0 Å². The highest BCUT2D eigenvalue weighted by Gasteiger charge is 2.05. The van der Waals surface area contributed by atoms with Gasteiger partial charge in [0.05, 0.1) is 0 Å². The van der Waals surface area contributed by atoms with Gasteiger partial charge >= 0.3 is 0 Å². The van der Waals surface area contributed by atoms with Crippen LogP contribution in [-0.4, -0.2) is 0 Å². The minimum absolute atomic E-state index is 0.998. The van der Waals surface area contributed by atoms with Crippen LogP contribution in [0.2, 0.25) is 0 Å². The lowest BCUT2D eigenvalue weighted by Gasteiger charge is -2.14. The smallest absolute Gasteiger partial charge is 0.00886 e.